The molecule has 31 heavy (non-hydrogen) atoms. The van der Waals surface area contributed by atoms with Crippen molar-refractivity contribution >= 4 is 11.9 Å². The molecular formula is C23H31FN4O3. The third-order valence-electron chi connectivity index (χ3n) is 4.44. The number of nitrogens with one attached hydrogen (secondary N) is 3. The summed E-state index contributed by atoms with van der Waals surface area (Å²) in [6.45, 7) is 7.41. The minimum Gasteiger partial charge on any atom is -0.494 e. The lowest BCUT2D eigenvalue weighted by atomic mass is 10.1. The van der Waals surface area contributed by atoms with Crippen LogP contribution in [0.5, 0.6) is 11.5 Å². The van der Waals surface area contributed by atoms with Crippen LogP contribution < -0.4 is 25.4 Å². The Labute approximate surface area is 183 Å². The zero-order chi connectivity index (χ0) is 22.6. The molecule has 7 nitrogen and oxygen atoms in total. The fourth-order valence-electron chi connectivity index (χ4n) is 2.86. The number of nitrogens with zero attached hydrogens (tertiary/aromatic N) is 1. The molecule has 3 N–H and O–H groups in total. The van der Waals surface area contributed by atoms with E-state index >= 15 is 0 Å². The fourth-order valence-corrected chi connectivity index (χ4v) is 2.86. The molecule has 168 valence electrons. The topological polar surface area (TPSA) is 84.0 Å². The van der Waals surface area contributed by atoms with Crippen LogP contribution in [-0.2, 0) is 11.3 Å². The summed E-state index contributed by atoms with van der Waals surface area (Å²) in [7, 11) is 1.44. The van der Waals surface area contributed by atoms with Crippen LogP contribution in [0.15, 0.2) is 47.5 Å². The minimum absolute atomic E-state index is 0.0271. The predicted molar refractivity (Wildman–Crippen MR) is 120 cm³/mol. The van der Waals surface area contributed by atoms with Gasteiger partial charge in [-0.05, 0) is 56.2 Å². The second-order valence-corrected chi connectivity index (χ2v) is 6.84. The Bertz CT molecular complexity index is 889. The van der Waals surface area contributed by atoms with E-state index in [4.69, 9.17) is 9.47 Å². The second kappa shape index (κ2) is 12.4. The van der Waals surface area contributed by atoms with Gasteiger partial charge in [-0.15, -0.1) is 0 Å². The van der Waals surface area contributed by atoms with Gasteiger partial charge in [0.2, 0.25) is 0 Å². The summed E-state index contributed by atoms with van der Waals surface area (Å²) in [5.41, 5.74) is 1.72. The van der Waals surface area contributed by atoms with Gasteiger partial charge in [0.1, 0.15) is 5.75 Å². The molecule has 0 heterocycles. The molecule has 1 amide bonds. The van der Waals surface area contributed by atoms with Gasteiger partial charge in [0.15, 0.2) is 24.1 Å². The number of hydrogen-bond donors (Lipinski definition) is 3. The van der Waals surface area contributed by atoms with Crippen molar-refractivity contribution in [2.75, 3.05) is 26.8 Å². The number of halogens is 1. The predicted octanol–water partition coefficient (Wildman–Crippen LogP) is 3.17. The van der Waals surface area contributed by atoms with Gasteiger partial charge in [-0.25, -0.2) is 9.38 Å². The van der Waals surface area contributed by atoms with Crippen molar-refractivity contribution in [1.82, 2.24) is 16.0 Å². The average molecular weight is 431 g/mol. The maximum absolute atomic E-state index is 14.0. The second-order valence-electron chi connectivity index (χ2n) is 6.84. The fraction of sp³-hybridized carbons (Fsp3) is 0.391. The Hall–Kier alpha value is -3.29. The Balaban J connectivity index is 2.03. The number of hydrogen-bond acceptors (Lipinski definition) is 4. The van der Waals surface area contributed by atoms with Gasteiger partial charge in [0.05, 0.1) is 19.7 Å². The van der Waals surface area contributed by atoms with Crippen molar-refractivity contribution < 1.29 is 18.7 Å². The lowest BCUT2D eigenvalue weighted by Gasteiger charge is -2.19. The largest absolute Gasteiger partial charge is 0.494 e. The summed E-state index contributed by atoms with van der Waals surface area (Å²) >= 11 is 0. The summed E-state index contributed by atoms with van der Waals surface area (Å²) in [5, 5.41) is 9.17. The van der Waals surface area contributed by atoms with Crippen LogP contribution in [0.2, 0.25) is 0 Å². The van der Waals surface area contributed by atoms with Crippen molar-refractivity contribution in [2.24, 2.45) is 4.99 Å². The molecule has 1 atom stereocenters. The highest BCUT2D eigenvalue weighted by Crippen LogP contribution is 2.21. The van der Waals surface area contributed by atoms with E-state index in [2.05, 4.69) is 20.9 Å². The SMILES string of the molecule is CCNC(=O)COc1cccc(CN=C(NCC)NC(C)c2ccc(OC)c(F)c2)c1. The number of benzene rings is 2. The van der Waals surface area contributed by atoms with E-state index in [0.29, 0.717) is 31.3 Å². The van der Waals surface area contributed by atoms with E-state index in [1.807, 2.05) is 45.0 Å². The summed E-state index contributed by atoms with van der Waals surface area (Å²) in [4.78, 5) is 16.2. The molecule has 0 radical (unpaired) electrons. The average Bonchev–Trinajstić information content (AvgIpc) is 2.76. The first-order valence-corrected chi connectivity index (χ1v) is 10.3. The van der Waals surface area contributed by atoms with Crippen LogP contribution in [0.25, 0.3) is 0 Å². The third kappa shape index (κ3) is 7.81. The first kappa shape index (κ1) is 24.0. The zero-order valence-electron chi connectivity index (χ0n) is 18.5. The molecule has 2 aromatic rings. The summed E-state index contributed by atoms with van der Waals surface area (Å²) in [6.07, 6.45) is 0. The number of carbonyl (C=O) groups is 1. The highest BCUT2D eigenvalue weighted by molar-refractivity contribution is 5.80. The van der Waals surface area contributed by atoms with Crippen molar-refractivity contribution in [3.8, 4) is 11.5 Å². The molecule has 0 spiro atoms. The number of methoxy groups -OCH3 is 1. The molecular weight excluding hydrogens is 399 g/mol. The van der Waals surface area contributed by atoms with Crippen LogP contribution in [0.4, 0.5) is 4.39 Å². The van der Waals surface area contributed by atoms with E-state index in [1.165, 1.54) is 13.2 Å². The number of ether oxygens (including phenoxy) is 2. The van der Waals surface area contributed by atoms with Crippen LogP contribution >= 0.6 is 0 Å². The van der Waals surface area contributed by atoms with E-state index < -0.39 is 5.82 Å². The van der Waals surface area contributed by atoms with Gasteiger partial charge < -0.3 is 25.4 Å². The highest BCUT2D eigenvalue weighted by atomic mass is 19.1. The molecule has 1 unspecified atom stereocenters. The number of guanidine groups is 1. The van der Waals surface area contributed by atoms with Gasteiger partial charge in [-0.2, -0.15) is 0 Å². The number of likely N-dealkylation sites (N-methyl/N-ethyl adjacent to an activating group) is 1. The molecule has 0 bridgehead atoms. The van der Waals surface area contributed by atoms with Crippen molar-refractivity contribution in [3.05, 3.63) is 59.4 Å². The summed E-state index contributed by atoms with van der Waals surface area (Å²) < 4.78 is 24.5. The lowest BCUT2D eigenvalue weighted by Crippen LogP contribution is -2.38. The monoisotopic (exact) mass is 430 g/mol. The molecule has 0 aliphatic carbocycles. The van der Waals surface area contributed by atoms with Gasteiger partial charge in [-0.1, -0.05) is 18.2 Å². The maximum atomic E-state index is 14.0. The van der Waals surface area contributed by atoms with Crippen molar-refractivity contribution in [1.29, 1.82) is 0 Å². The van der Waals surface area contributed by atoms with Crippen molar-refractivity contribution in [2.45, 2.75) is 33.4 Å². The molecule has 0 fully saturated rings. The molecule has 0 aliphatic heterocycles. The minimum atomic E-state index is -0.403. The van der Waals surface area contributed by atoms with Crippen LogP contribution in [0, 0.1) is 5.82 Å². The molecule has 2 rings (SSSR count). The van der Waals surface area contributed by atoms with Gasteiger partial charge in [0, 0.05) is 13.1 Å². The molecule has 0 aromatic heterocycles. The van der Waals surface area contributed by atoms with Gasteiger partial charge in [0.25, 0.3) is 5.91 Å². The molecule has 8 heteroatoms. The first-order chi connectivity index (χ1) is 15.0. The summed E-state index contributed by atoms with van der Waals surface area (Å²) in [5.74, 6) is 0.873. The number of amides is 1. The maximum Gasteiger partial charge on any atom is 0.257 e. The smallest absolute Gasteiger partial charge is 0.257 e. The summed E-state index contributed by atoms with van der Waals surface area (Å²) in [6, 6.07) is 12.2. The zero-order valence-corrected chi connectivity index (χ0v) is 18.5. The Morgan fingerprint density at radius 3 is 2.58 bits per heavy atom. The highest BCUT2D eigenvalue weighted by Gasteiger charge is 2.11. The quantitative estimate of drug-likeness (QED) is 0.398. The standard InChI is InChI=1S/C23H31FN4O3/c1-5-25-22(29)15-31-19-9-7-8-17(12-19)14-27-23(26-6-2)28-16(3)18-10-11-21(30-4)20(24)13-18/h7-13,16H,5-6,14-15H2,1-4H3,(H,25,29)(H2,26,27,28). The first-order valence-electron chi connectivity index (χ1n) is 10.3. The molecule has 0 saturated carbocycles. The van der Waals surface area contributed by atoms with Gasteiger partial charge in [-0.3, -0.25) is 4.79 Å². The van der Waals surface area contributed by atoms with E-state index in [1.54, 1.807) is 12.1 Å². The number of aliphatic imine (C=N–C) groups is 1. The Kier molecular flexibility index (Phi) is 9.61. The number of carbonyl (C=O) groups excluding carboxylic acids is 1. The third-order valence-corrected chi connectivity index (χ3v) is 4.44. The Morgan fingerprint density at radius 1 is 1.13 bits per heavy atom. The van der Waals surface area contributed by atoms with Crippen LogP contribution in [0.1, 0.15) is 37.9 Å². The molecule has 0 aliphatic rings. The van der Waals surface area contributed by atoms with E-state index in [0.717, 1.165) is 11.1 Å². The molecule has 2 aromatic carbocycles. The van der Waals surface area contributed by atoms with E-state index in [9.17, 15) is 9.18 Å². The normalized spacial score (nSPS) is 12.1. The van der Waals surface area contributed by atoms with Crippen LogP contribution in [0.3, 0.4) is 0 Å². The lowest BCUT2D eigenvalue weighted by molar-refractivity contribution is -0.122. The number of rotatable bonds is 10. The van der Waals surface area contributed by atoms with Gasteiger partial charge >= 0.3 is 0 Å². The van der Waals surface area contributed by atoms with Crippen LogP contribution in [-0.4, -0.2) is 38.7 Å². The van der Waals surface area contributed by atoms with E-state index in [-0.39, 0.29) is 24.3 Å². The Morgan fingerprint density at radius 2 is 1.90 bits per heavy atom. The van der Waals surface area contributed by atoms with Crippen molar-refractivity contribution in [3.63, 3.8) is 0 Å². The molecule has 0 saturated heterocycles.